The number of hydrogen-bond acceptors (Lipinski definition) is 6. The van der Waals surface area contributed by atoms with Crippen molar-refractivity contribution >= 4 is 22.6 Å². The lowest BCUT2D eigenvalue weighted by atomic mass is 10.1. The van der Waals surface area contributed by atoms with Gasteiger partial charge in [0.2, 0.25) is 11.8 Å². The third-order valence-electron chi connectivity index (χ3n) is 5.92. The van der Waals surface area contributed by atoms with Gasteiger partial charge in [-0.1, -0.05) is 29.4 Å². The molecule has 2 aromatic heterocycles. The standard InChI is InChI=1S/C23H27N5O3/c1-16-25-20(31-26-16)9-10-21(29)28-14-5-7-18(12-15-28)27(2)23(30)22-19-8-4-3-6-17(19)11-13-24-22/h3-4,6,8,11,13,18H,5,7,9-10,12,14-15H2,1-2H3. The highest BCUT2D eigenvalue weighted by Gasteiger charge is 2.27. The van der Waals surface area contributed by atoms with Crippen LogP contribution < -0.4 is 0 Å². The van der Waals surface area contributed by atoms with E-state index in [1.54, 1.807) is 18.0 Å². The Labute approximate surface area is 181 Å². The minimum atomic E-state index is -0.0756. The quantitative estimate of drug-likeness (QED) is 0.629. The minimum Gasteiger partial charge on any atom is -0.343 e. The molecule has 31 heavy (non-hydrogen) atoms. The van der Waals surface area contributed by atoms with Crippen LogP contribution in [0.4, 0.5) is 0 Å². The van der Waals surface area contributed by atoms with Crippen LogP contribution in [-0.2, 0) is 11.2 Å². The summed E-state index contributed by atoms with van der Waals surface area (Å²) in [5, 5.41) is 5.63. The van der Waals surface area contributed by atoms with Gasteiger partial charge >= 0.3 is 0 Å². The number of carbonyl (C=O) groups excluding carboxylic acids is 2. The van der Waals surface area contributed by atoms with Crippen molar-refractivity contribution in [3.05, 3.63) is 53.9 Å². The second kappa shape index (κ2) is 9.24. The van der Waals surface area contributed by atoms with Crippen LogP contribution in [0.3, 0.4) is 0 Å². The molecular formula is C23H27N5O3. The Morgan fingerprint density at radius 1 is 1.19 bits per heavy atom. The van der Waals surface area contributed by atoms with Crippen LogP contribution in [0, 0.1) is 6.92 Å². The number of fused-ring (bicyclic) bond motifs is 1. The normalized spacial score (nSPS) is 16.8. The number of carbonyl (C=O) groups is 2. The molecule has 2 amide bonds. The summed E-state index contributed by atoms with van der Waals surface area (Å²) >= 11 is 0. The molecule has 1 fully saturated rings. The van der Waals surface area contributed by atoms with Gasteiger partial charge in [0, 0.05) is 50.6 Å². The zero-order valence-corrected chi connectivity index (χ0v) is 18.0. The van der Waals surface area contributed by atoms with E-state index in [-0.39, 0.29) is 17.9 Å². The summed E-state index contributed by atoms with van der Waals surface area (Å²) in [7, 11) is 1.84. The molecule has 0 spiro atoms. The van der Waals surface area contributed by atoms with Gasteiger partial charge in [0.05, 0.1) is 0 Å². The second-order valence-corrected chi connectivity index (χ2v) is 8.00. The van der Waals surface area contributed by atoms with Crippen molar-refractivity contribution in [1.29, 1.82) is 0 Å². The van der Waals surface area contributed by atoms with Gasteiger partial charge in [-0.2, -0.15) is 4.98 Å². The monoisotopic (exact) mass is 421 g/mol. The molecule has 3 aromatic rings. The van der Waals surface area contributed by atoms with Gasteiger partial charge in [0.1, 0.15) is 5.69 Å². The van der Waals surface area contributed by atoms with E-state index < -0.39 is 0 Å². The van der Waals surface area contributed by atoms with Gasteiger partial charge in [0.25, 0.3) is 5.91 Å². The van der Waals surface area contributed by atoms with Crippen LogP contribution in [0.1, 0.15) is 47.9 Å². The molecule has 0 bridgehead atoms. The number of aromatic nitrogens is 3. The predicted molar refractivity (Wildman–Crippen MR) is 115 cm³/mol. The Bertz CT molecular complexity index is 1070. The van der Waals surface area contributed by atoms with Crippen molar-refractivity contribution in [3.8, 4) is 0 Å². The van der Waals surface area contributed by atoms with E-state index >= 15 is 0 Å². The molecule has 0 N–H and O–H groups in total. The number of rotatable bonds is 5. The van der Waals surface area contributed by atoms with E-state index in [0.29, 0.717) is 43.3 Å². The molecule has 1 aromatic carbocycles. The molecular weight excluding hydrogens is 394 g/mol. The van der Waals surface area contributed by atoms with E-state index in [0.717, 1.165) is 30.0 Å². The van der Waals surface area contributed by atoms with Crippen LogP contribution in [0.15, 0.2) is 41.1 Å². The zero-order chi connectivity index (χ0) is 21.8. The summed E-state index contributed by atoms with van der Waals surface area (Å²) in [5.41, 5.74) is 0.479. The molecule has 8 heteroatoms. The molecule has 1 aliphatic rings. The van der Waals surface area contributed by atoms with E-state index in [4.69, 9.17) is 4.52 Å². The molecule has 1 atom stereocenters. The van der Waals surface area contributed by atoms with Crippen molar-refractivity contribution in [2.24, 2.45) is 0 Å². The Morgan fingerprint density at radius 3 is 2.84 bits per heavy atom. The van der Waals surface area contributed by atoms with Crippen LogP contribution in [0.5, 0.6) is 0 Å². The van der Waals surface area contributed by atoms with Gasteiger partial charge < -0.3 is 14.3 Å². The Kier molecular flexibility index (Phi) is 6.25. The lowest BCUT2D eigenvalue weighted by Gasteiger charge is -2.27. The third-order valence-corrected chi connectivity index (χ3v) is 5.92. The molecule has 4 rings (SSSR count). The first kappa shape index (κ1) is 21.0. The number of hydrogen-bond donors (Lipinski definition) is 0. The van der Waals surface area contributed by atoms with Crippen molar-refractivity contribution in [1.82, 2.24) is 24.9 Å². The van der Waals surface area contributed by atoms with Crippen LogP contribution in [0.2, 0.25) is 0 Å². The number of aryl methyl sites for hydroxylation is 2. The summed E-state index contributed by atoms with van der Waals surface area (Å²) in [4.78, 5) is 38.1. The molecule has 1 aliphatic heterocycles. The number of amides is 2. The number of pyridine rings is 1. The predicted octanol–water partition coefficient (Wildman–Crippen LogP) is 3.01. The maximum absolute atomic E-state index is 13.2. The van der Waals surface area contributed by atoms with E-state index in [1.165, 1.54) is 0 Å². The van der Waals surface area contributed by atoms with Crippen LogP contribution >= 0.6 is 0 Å². The lowest BCUT2D eigenvalue weighted by Crippen LogP contribution is -2.39. The summed E-state index contributed by atoms with van der Waals surface area (Å²) in [6.45, 7) is 3.09. The van der Waals surface area contributed by atoms with Crippen molar-refractivity contribution in [2.75, 3.05) is 20.1 Å². The van der Waals surface area contributed by atoms with E-state index in [2.05, 4.69) is 15.1 Å². The first-order valence-corrected chi connectivity index (χ1v) is 10.7. The summed E-state index contributed by atoms with van der Waals surface area (Å²) in [5.74, 6) is 1.08. The molecule has 0 radical (unpaired) electrons. The Morgan fingerprint density at radius 2 is 2.03 bits per heavy atom. The zero-order valence-electron chi connectivity index (χ0n) is 18.0. The highest BCUT2D eigenvalue weighted by molar-refractivity contribution is 6.05. The summed E-state index contributed by atoms with van der Waals surface area (Å²) in [6.07, 6.45) is 4.95. The van der Waals surface area contributed by atoms with Gasteiger partial charge in [-0.25, -0.2) is 0 Å². The Balaban J connectivity index is 1.37. The van der Waals surface area contributed by atoms with Gasteiger partial charge in [-0.05, 0) is 37.6 Å². The van der Waals surface area contributed by atoms with Gasteiger partial charge in [0.15, 0.2) is 5.82 Å². The lowest BCUT2D eigenvalue weighted by molar-refractivity contribution is -0.131. The van der Waals surface area contributed by atoms with E-state index in [9.17, 15) is 9.59 Å². The Hall–Kier alpha value is -3.29. The number of likely N-dealkylation sites (tertiary alicyclic amines) is 1. The maximum atomic E-state index is 13.2. The van der Waals surface area contributed by atoms with Crippen molar-refractivity contribution in [2.45, 2.75) is 45.1 Å². The molecule has 8 nitrogen and oxygen atoms in total. The fraction of sp³-hybridized carbons (Fsp3) is 0.435. The highest BCUT2D eigenvalue weighted by atomic mass is 16.5. The van der Waals surface area contributed by atoms with Gasteiger partial charge in [-0.3, -0.25) is 14.6 Å². The summed E-state index contributed by atoms with van der Waals surface area (Å²) in [6, 6.07) is 9.78. The first-order valence-electron chi connectivity index (χ1n) is 10.7. The topological polar surface area (TPSA) is 92.4 Å². The molecule has 0 aliphatic carbocycles. The SMILES string of the molecule is Cc1noc(CCC(=O)N2CCCC(N(C)C(=O)c3nccc4ccccc34)CC2)n1. The highest BCUT2D eigenvalue weighted by Crippen LogP contribution is 2.22. The fourth-order valence-electron chi connectivity index (χ4n) is 4.15. The van der Waals surface area contributed by atoms with Crippen molar-refractivity contribution in [3.63, 3.8) is 0 Å². The van der Waals surface area contributed by atoms with Gasteiger partial charge in [-0.15, -0.1) is 0 Å². The average molecular weight is 422 g/mol. The summed E-state index contributed by atoms with van der Waals surface area (Å²) < 4.78 is 5.09. The molecule has 1 saturated heterocycles. The molecule has 1 unspecified atom stereocenters. The number of nitrogens with zero attached hydrogens (tertiary/aromatic N) is 5. The van der Waals surface area contributed by atoms with Crippen LogP contribution in [-0.4, -0.2) is 62.9 Å². The third kappa shape index (κ3) is 4.73. The molecule has 162 valence electrons. The molecule has 3 heterocycles. The largest absolute Gasteiger partial charge is 0.343 e. The van der Waals surface area contributed by atoms with Crippen LogP contribution in [0.25, 0.3) is 10.8 Å². The minimum absolute atomic E-state index is 0.0738. The fourth-order valence-corrected chi connectivity index (χ4v) is 4.15. The van der Waals surface area contributed by atoms with E-state index in [1.807, 2.05) is 42.3 Å². The smallest absolute Gasteiger partial charge is 0.273 e. The second-order valence-electron chi connectivity index (χ2n) is 8.00. The van der Waals surface area contributed by atoms with Crippen molar-refractivity contribution < 1.29 is 14.1 Å². The first-order chi connectivity index (χ1) is 15.0. The number of benzene rings is 1. The average Bonchev–Trinajstić information content (AvgIpc) is 3.06. The molecule has 0 saturated carbocycles. The maximum Gasteiger partial charge on any atom is 0.273 e.